The predicted molar refractivity (Wildman–Crippen MR) is 45.6 cm³/mol. The van der Waals surface area contributed by atoms with Crippen molar-refractivity contribution in [2.45, 2.75) is 12.6 Å². The van der Waals surface area contributed by atoms with Gasteiger partial charge in [-0.3, -0.25) is 0 Å². The van der Waals surface area contributed by atoms with Crippen LogP contribution in [-0.4, -0.2) is 31.6 Å². The fourth-order valence-corrected chi connectivity index (χ4v) is 0.989. The number of alkyl halides is 1. The second kappa shape index (κ2) is 4.20. The molecule has 1 atom stereocenters. The summed E-state index contributed by atoms with van der Waals surface area (Å²) in [6.45, 7) is 0.0831. The molecule has 0 spiro atoms. The fourth-order valence-electron chi connectivity index (χ4n) is 0.892. The number of aliphatic hydroxyl groups is 1. The molecular weight excluding hydrogens is 198 g/mol. The van der Waals surface area contributed by atoms with Gasteiger partial charge in [0.2, 0.25) is 0 Å². The number of rotatable bonds is 4. The molecule has 1 rings (SSSR count). The van der Waals surface area contributed by atoms with Crippen molar-refractivity contribution in [1.82, 2.24) is 9.55 Å². The van der Waals surface area contributed by atoms with Crippen molar-refractivity contribution in [3.63, 3.8) is 0 Å². The van der Waals surface area contributed by atoms with E-state index in [9.17, 15) is 10.1 Å². The van der Waals surface area contributed by atoms with Gasteiger partial charge in [-0.05, 0) is 4.92 Å². The third-order valence-corrected chi connectivity index (χ3v) is 1.80. The number of hydrogen-bond donors (Lipinski definition) is 1. The van der Waals surface area contributed by atoms with Gasteiger partial charge in [0.25, 0.3) is 0 Å². The van der Waals surface area contributed by atoms with Crippen LogP contribution in [0.5, 0.6) is 0 Å². The number of nitrogens with zero attached hydrogens (tertiary/aromatic N) is 3. The van der Waals surface area contributed by atoms with Crippen LogP contribution < -0.4 is 0 Å². The molecule has 1 heterocycles. The van der Waals surface area contributed by atoms with E-state index < -0.39 is 11.0 Å². The van der Waals surface area contributed by atoms with Crippen molar-refractivity contribution in [2.75, 3.05) is 5.88 Å². The van der Waals surface area contributed by atoms with Gasteiger partial charge in [-0.15, -0.1) is 11.6 Å². The van der Waals surface area contributed by atoms with E-state index in [1.54, 1.807) is 0 Å². The van der Waals surface area contributed by atoms with E-state index in [-0.39, 0.29) is 18.4 Å². The Kier molecular flexibility index (Phi) is 3.21. The zero-order valence-corrected chi connectivity index (χ0v) is 7.39. The van der Waals surface area contributed by atoms with Gasteiger partial charge in [-0.25, -0.2) is 4.57 Å². The maximum absolute atomic E-state index is 10.4. The van der Waals surface area contributed by atoms with Gasteiger partial charge in [0.15, 0.2) is 0 Å². The fraction of sp³-hybridized carbons (Fsp3) is 0.500. The summed E-state index contributed by atoms with van der Waals surface area (Å²) >= 11 is 5.35. The van der Waals surface area contributed by atoms with Crippen molar-refractivity contribution in [3.05, 3.63) is 22.5 Å². The molecule has 0 aliphatic heterocycles. The normalized spacial score (nSPS) is 12.8. The first kappa shape index (κ1) is 9.94. The summed E-state index contributed by atoms with van der Waals surface area (Å²) in [7, 11) is 0. The second-order valence-corrected chi connectivity index (χ2v) is 2.75. The molecule has 0 aliphatic carbocycles. The van der Waals surface area contributed by atoms with E-state index in [2.05, 4.69) is 4.98 Å². The third kappa shape index (κ3) is 2.40. The summed E-state index contributed by atoms with van der Waals surface area (Å²) in [4.78, 5) is 13.3. The predicted octanol–water partition coefficient (Wildman–Crippen LogP) is 0.391. The lowest BCUT2D eigenvalue weighted by Crippen LogP contribution is -2.18. The molecule has 13 heavy (non-hydrogen) atoms. The third-order valence-electron chi connectivity index (χ3n) is 1.44. The molecule has 1 aromatic rings. The molecule has 0 aromatic carbocycles. The van der Waals surface area contributed by atoms with E-state index in [0.29, 0.717) is 0 Å². The molecule has 0 radical (unpaired) electrons. The molecule has 1 N–H and O–H groups in total. The molecule has 7 heteroatoms. The zero-order chi connectivity index (χ0) is 9.84. The smallest absolute Gasteiger partial charge is 0.390 e. The van der Waals surface area contributed by atoms with E-state index in [0.717, 1.165) is 0 Å². The lowest BCUT2D eigenvalue weighted by molar-refractivity contribution is -0.397. The van der Waals surface area contributed by atoms with E-state index >= 15 is 0 Å². The Morgan fingerprint density at radius 1 is 1.85 bits per heavy atom. The monoisotopic (exact) mass is 205 g/mol. The summed E-state index contributed by atoms with van der Waals surface area (Å²) in [6, 6.07) is 0. The van der Waals surface area contributed by atoms with Crippen molar-refractivity contribution in [2.24, 2.45) is 0 Å². The van der Waals surface area contributed by atoms with Crippen molar-refractivity contribution < 1.29 is 10.0 Å². The maximum atomic E-state index is 10.4. The van der Waals surface area contributed by atoms with Crippen LogP contribution in [0.15, 0.2) is 12.4 Å². The maximum Gasteiger partial charge on any atom is 0.434 e. The number of halogens is 1. The van der Waals surface area contributed by atoms with E-state index in [4.69, 9.17) is 16.7 Å². The van der Waals surface area contributed by atoms with Crippen molar-refractivity contribution in [3.8, 4) is 0 Å². The Balaban J connectivity index is 2.76. The minimum Gasteiger partial charge on any atom is -0.390 e. The van der Waals surface area contributed by atoms with Gasteiger partial charge < -0.3 is 15.2 Å². The Morgan fingerprint density at radius 2 is 2.54 bits per heavy atom. The lowest BCUT2D eigenvalue weighted by atomic mass is 10.4. The molecule has 0 bridgehead atoms. The molecule has 0 aliphatic rings. The standard InChI is InChI=1S/C6H8ClN3O3/c7-3-5(11)4-9-2-1-8-6(9)10(12)13/h1-2,5,11H,3-4H2/t5-/m1/s1. The molecule has 0 saturated heterocycles. The summed E-state index contributed by atoms with van der Waals surface area (Å²) in [5.74, 6) is -0.251. The van der Waals surface area contributed by atoms with Crippen LogP contribution in [0.25, 0.3) is 0 Å². The minimum absolute atomic E-state index is 0.0370. The van der Waals surface area contributed by atoms with Gasteiger partial charge >= 0.3 is 5.95 Å². The second-order valence-electron chi connectivity index (χ2n) is 2.44. The first-order chi connectivity index (χ1) is 6.15. The summed E-state index contributed by atoms with van der Waals surface area (Å²) < 4.78 is 1.24. The van der Waals surface area contributed by atoms with Crippen LogP contribution in [0.3, 0.4) is 0 Å². The minimum atomic E-state index is -0.797. The highest BCUT2D eigenvalue weighted by molar-refractivity contribution is 6.18. The Morgan fingerprint density at radius 3 is 3.08 bits per heavy atom. The van der Waals surface area contributed by atoms with Crippen LogP contribution in [-0.2, 0) is 6.54 Å². The molecule has 0 amide bonds. The van der Waals surface area contributed by atoms with E-state index in [1.807, 2.05) is 0 Å². The average molecular weight is 206 g/mol. The first-order valence-electron chi connectivity index (χ1n) is 3.54. The van der Waals surface area contributed by atoms with Gasteiger partial charge in [0, 0.05) is 0 Å². The molecule has 1 aromatic heterocycles. The molecule has 0 saturated carbocycles. The lowest BCUT2D eigenvalue weighted by Gasteiger charge is -2.04. The molecule has 72 valence electrons. The van der Waals surface area contributed by atoms with Crippen molar-refractivity contribution in [1.29, 1.82) is 0 Å². The Hall–Kier alpha value is -1.14. The highest BCUT2D eigenvalue weighted by Crippen LogP contribution is 2.08. The SMILES string of the molecule is O=[N+]([O-])c1nccn1C[C@H](O)CCl. The summed E-state index contributed by atoms with van der Waals surface area (Å²) in [6.07, 6.45) is 1.93. The van der Waals surface area contributed by atoms with Crippen LogP contribution in [0.1, 0.15) is 0 Å². The summed E-state index contributed by atoms with van der Waals surface area (Å²) in [5, 5.41) is 19.5. The summed E-state index contributed by atoms with van der Waals surface area (Å²) in [5.41, 5.74) is 0. The topological polar surface area (TPSA) is 81.2 Å². The number of aliphatic hydroxyl groups excluding tert-OH is 1. The number of aromatic nitrogens is 2. The van der Waals surface area contributed by atoms with Crippen LogP contribution in [0, 0.1) is 10.1 Å². The highest BCUT2D eigenvalue weighted by Gasteiger charge is 2.16. The van der Waals surface area contributed by atoms with Gasteiger partial charge in [-0.2, -0.15) is 0 Å². The number of hydrogen-bond acceptors (Lipinski definition) is 4. The van der Waals surface area contributed by atoms with Crippen LogP contribution >= 0.6 is 11.6 Å². The average Bonchev–Trinajstić information content (AvgIpc) is 2.52. The molecule has 6 nitrogen and oxygen atoms in total. The van der Waals surface area contributed by atoms with Gasteiger partial charge in [-0.1, -0.05) is 4.98 Å². The molecular formula is C6H8ClN3O3. The highest BCUT2D eigenvalue weighted by atomic mass is 35.5. The quantitative estimate of drug-likeness (QED) is 0.438. The van der Waals surface area contributed by atoms with Crippen LogP contribution in [0.4, 0.5) is 5.95 Å². The number of nitro groups is 1. The molecule has 0 fully saturated rings. The van der Waals surface area contributed by atoms with Gasteiger partial charge in [0.1, 0.15) is 12.4 Å². The Bertz CT molecular complexity index is 301. The Labute approximate surface area is 78.9 Å². The molecule has 0 unspecified atom stereocenters. The first-order valence-corrected chi connectivity index (χ1v) is 4.08. The van der Waals surface area contributed by atoms with Gasteiger partial charge in [0.05, 0.1) is 18.5 Å². The van der Waals surface area contributed by atoms with Crippen molar-refractivity contribution >= 4 is 17.5 Å². The number of imidazole rings is 1. The zero-order valence-electron chi connectivity index (χ0n) is 6.63. The largest absolute Gasteiger partial charge is 0.434 e. The van der Waals surface area contributed by atoms with Crippen LogP contribution in [0.2, 0.25) is 0 Å². The van der Waals surface area contributed by atoms with E-state index in [1.165, 1.54) is 17.0 Å².